The van der Waals surface area contributed by atoms with Gasteiger partial charge in [-0.05, 0) is 43.9 Å². The first-order chi connectivity index (χ1) is 10.2. The normalized spacial score (nSPS) is 18.9. The third-order valence-corrected chi connectivity index (χ3v) is 3.69. The van der Waals surface area contributed by atoms with Gasteiger partial charge in [0.1, 0.15) is 0 Å². The Hall–Kier alpha value is -2.17. The highest BCUT2D eigenvalue weighted by atomic mass is 16.4. The largest absolute Gasteiger partial charge is 0.481 e. The number of likely N-dealkylation sites (tertiary alicyclic amines) is 1. The second kappa shape index (κ2) is 7.57. The van der Waals surface area contributed by atoms with Crippen molar-refractivity contribution in [1.29, 1.82) is 0 Å². The number of pyridine rings is 1. The van der Waals surface area contributed by atoms with Crippen molar-refractivity contribution in [2.24, 2.45) is 0 Å². The van der Waals surface area contributed by atoms with Crippen LogP contribution in [0.4, 0.5) is 0 Å². The summed E-state index contributed by atoms with van der Waals surface area (Å²) in [4.78, 5) is 28.9. The number of nitrogens with zero attached hydrogens (tertiary/aromatic N) is 2. The highest BCUT2D eigenvalue weighted by molar-refractivity contribution is 5.91. The van der Waals surface area contributed by atoms with E-state index in [9.17, 15) is 9.59 Å². The molecule has 1 saturated heterocycles. The van der Waals surface area contributed by atoms with Crippen molar-refractivity contribution in [2.45, 2.75) is 38.1 Å². The first-order valence-corrected chi connectivity index (χ1v) is 7.28. The molecule has 112 valence electrons. The van der Waals surface area contributed by atoms with E-state index in [-0.39, 0.29) is 18.4 Å². The van der Waals surface area contributed by atoms with E-state index in [1.165, 1.54) is 6.08 Å². The molecule has 1 N–H and O–H groups in total. The maximum Gasteiger partial charge on any atom is 0.303 e. The molecular weight excluding hydrogens is 268 g/mol. The second-order valence-corrected chi connectivity index (χ2v) is 5.20. The van der Waals surface area contributed by atoms with E-state index in [2.05, 4.69) is 4.98 Å². The Morgan fingerprint density at radius 1 is 1.38 bits per heavy atom. The molecule has 0 aromatic carbocycles. The molecule has 0 saturated carbocycles. The Labute approximate surface area is 124 Å². The van der Waals surface area contributed by atoms with Crippen LogP contribution in [0.1, 0.15) is 37.8 Å². The maximum absolute atomic E-state index is 12.3. The third-order valence-electron chi connectivity index (χ3n) is 3.69. The molecule has 1 aliphatic rings. The minimum absolute atomic E-state index is 0.0377. The van der Waals surface area contributed by atoms with Gasteiger partial charge in [-0.15, -0.1) is 0 Å². The molecule has 0 bridgehead atoms. The van der Waals surface area contributed by atoms with Crippen LogP contribution in [0, 0.1) is 0 Å². The van der Waals surface area contributed by atoms with Crippen molar-refractivity contribution < 1.29 is 14.7 Å². The van der Waals surface area contributed by atoms with E-state index in [1.54, 1.807) is 17.2 Å². The Morgan fingerprint density at radius 3 is 2.95 bits per heavy atom. The molecule has 1 atom stereocenters. The van der Waals surface area contributed by atoms with Gasteiger partial charge in [-0.25, -0.2) is 0 Å². The molecule has 1 aromatic rings. The van der Waals surface area contributed by atoms with E-state index in [0.717, 1.165) is 25.0 Å². The molecule has 5 heteroatoms. The first kappa shape index (κ1) is 15.2. The molecule has 0 spiro atoms. The number of carboxylic acid groups (broad SMARTS) is 1. The zero-order valence-electron chi connectivity index (χ0n) is 11.9. The van der Waals surface area contributed by atoms with Crippen molar-refractivity contribution >= 4 is 18.0 Å². The van der Waals surface area contributed by atoms with E-state index < -0.39 is 5.97 Å². The lowest BCUT2D eigenvalue weighted by Crippen LogP contribution is -2.43. The van der Waals surface area contributed by atoms with Gasteiger partial charge in [0.25, 0.3) is 0 Å². The third kappa shape index (κ3) is 4.70. The van der Waals surface area contributed by atoms with Gasteiger partial charge in [0.15, 0.2) is 0 Å². The van der Waals surface area contributed by atoms with Crippen molar-refractivity contribution in [1.82, 2.24) is 9.88 Å². The summed E-state index contributed by atoms with van der Waals surface area (Å²) in [5, 5.41) is 8.80. The number of carbonyl (C=O) groups excluding carboxylic acids is 1. The smallest absolute Gasteiger partial charge is 0.303 e. The van der Waals surface area contributed by atoms with Gasteiger partial charge in [0.2, 0.25) is 5.91 Å². The van der Waals surface area contributed by atoms with Crippen molar-refractivity contribution in [3.63, 3.8) is 0 Å². The number of rotatable bonds is 5. The number of aliphatic carboxylic acids is 1. The van der Waals surface area contributed by atoms with Crippen molar-refractivity contribution in [2.75, 3.05) is 6.54 Å². The van der Waals surface area contributed by atoms with Crippen LogP contribution in [0.2, 0.25) is 0 Å². The first-order valence-electron chi connectivity index (χ1n) is 7.28. The standard InChI is InChI=1S/C16H20N2O3/c19-15(9-7-13-5-1-3-11-17-13)18-12-4-2-6-14(18)8-10-16(20)21/h1,3,5,7,9,11,14H,2,4,6,8,10,12H2,(H,20,21)/b9-7+. The van der Waals surface area contributed by atoms with E-state index in [0.29, 0.717) is 13.0 Å². The van der Waals surface area contributed by atoms with Crippen LogP contribution in [0.15, 0.2) is 30.5 Å². The van der Waals surface area contributed by atoms with Crippen LogP contribution in [-0.2, 0) is 9.59 Å². The molecule has 21 heavy (non-hydrogen) atoms. The summed E-state index contributed by atoms with van der Waals surface area (Å²) in [6.07, 6.45) is 8.46. The summed E-state index contributed by atoms with van der Waals surface area (Å²) in [5.41, 5.74) is 0.741. The lowest BCUT2D eigenvalue weighted by Gasteiger charge is -2.35. The van der Waals surface area contributed by atoms with Crippen LogP contribution < -0.4 is 0 Å². The van der Waals surface area contributed by atoms with Crippen molar-refractivity contribution in [3.05, 3.63) is 36.2 Å². The lowest BCUT2D eigenvalue weighted by molar-refractivity contribution is -0.138. The van der Waals surface area contributed by atoms with Crippen molar-refractivity contribution in [3.8, 4) is 0 Å². The van der Waals surface area contributed by atoms with Crippen LogP contribution in [-0.4, -0.2) is 39.5 Å². The Kier molecular flexibility index (Phi) is 5.49. The molecule has 0 aliphatic carbocycles. The van der Waals surface area contributed by atoms with Crippen LogP contribution in [0.5, 0.6) is 0 Å². The highest BCUT2D eigenvalue weighted by Crippen LogP contribution is 2.21. The fourth-order valence-corrected chi connectivity index (χ4v) is 2.61. The van der Waals surface area contributed by atoms with Gasteiger partial charge in [-0.2, -0.15) is 0 Å². The predicted molar refractivity (Wildman–Crippen MR) is 79.5 cm³/mol. The average Bonchev–Trinajstić information content (AvgIpc) is 2.52. The molecule has 5 nitrogen and oxygen atoms in total. The SMILES string of the molecule is O=C(O)CCC1CCCCN1C(=O)/C=C/c1ccccn1. The minimum Gasteiger partial charge on any atom is -0.481 e. The van der Waals surface area contributed by atoms with Crippen LogP contribution in [0.25, 0.3) is 6.08 Å². The maximum atomic E-state index is 12.3. The number of piperidine rings is 1. The lowest BCUT2D eigenvalue weighted by atomic mass is 9.98. The number of carboxylic acids is 1. The van der Waals surface area contributed by atoms with Crippen LogP contribution >= 0.6 is 0 Å². The molecule has 1 fully saturated rings. The molecule has 1 aliphatic heterocycles. The van der Waals surface area contributed by atoms with Gasteiger partial charge >= 0.3 is 5.97 Å². The second-order valence-electron chi connectivity index (χ2n) is 5.20. The predicted octanol–water partition coefficient (Wildman–Crippen LogP) is 2.34. The Morgan fingerprint density at radius 2 is 2.24 bits per heavy atom. The molecule has 1 unspecified atom stereocenters. The summed E-state index contributed by atoms with van der Waals surface area (Å²) >= 11 is 0. The zero-order valence-corrected chi connectivity index (χ0v) is 11.9. The minimum atomic E-state index is -0.808. The molecule has 2 rings (SSSR count). The number of hydrogen-bond acceptors (Lipinski definition) is 3. The zero-order chi connectivity index (χ0) is 15.1. The van der Waals surface area contributed by atoms with Gasteiger partial charge in [-0.1, -0.05) is 6.07 Å². The molecular formula is C16H20N2O3. The van der Waals surface area contributed by atoms with Gasteiger partial charge < -0.3 is 10.0 Å². The van der Waals surface area contributed by atoms with E-state index in [1.807, 2.05) is 18.2 Å². The summed E-state index contributed by atoms with van der Waals surface area (Å²) in [6, 6.07) is 5.57. The molecule has 1 aromatic heterocycles. The molecule has 1 amide bonds. The summed E-state index contributed by atoms with van der Waals surface area (Å²) in [6.45, 7) is 0.704. The average molecular weight is 288 g/mol. The van der Waals surface area contributed by atoms with Gasteiger partial charge in [-0.3, -0.25) is 14.6 Å². The topological polar surface area (TPSA) is 70.5 Å². The number of hydrogen-bond donors (Lipinski definition) is 1. The van der Waals surface area contributed by atoms with Gasteiger partial charge in [0, 0.05) is 31.3 Å². The summed E-state index contributed by atoms with van der Waals surface area (Å²) in [7, 11) is 0. The van der Waals surface area contributed by atoms with E-state index in [4.69, 9.17) is 5.11 Å². The fraction of sp³-hybridized carbons (Fsp3) is 0.438. The van der Waals surface area contributed by atoms with E-state index >= 15 is 0 Å². The number of carbonyl (C=O) groups is 2. The highest BCUT2D eigenvalue weighted by Gasteiger charge is 2.25. The fourth-order valence-electron chi connectivity index (χ4n) is 2.61. The number of amides is 1. The monoisotopic (exact) mass is 288 g/mol. The Balaban J connectivity index is 1.98. The number of aromatic nitrogens is 1. The summed E-state index contributed by atoms with van der Waals surface area (Å²) in [5.74, 6) is -0.868. The Bertz CT molecular complexity index is 514. The van der Waals surface area contributed by atoms with Crippen LogP contribution in [0.3, 0.4) is 0 Å². The molecule has 2 heterocycles. The van der Waals surface area contributed by atoms with Gasteiger partial charge in [0.05, 0.1) is 5.69 Å². The summed E-state index contributed by atoms with van der Waals surface area (Å²) < 4.78 is 0. The quantitative estimate of drug-likeness (QED) is 0.844. The molecule has 0 radical (unpaired) electrons.